The Balaban J connectivity index is 1.58. The minimum Gasteiger partial charge on any atom is -0.496 e. The molecule has 0 saturated carbocycles. The molecule has 34 heavy (non-hydrogen) atoms. The molecule has 1 N–H and O–H groups in total. The summed E-state index contributed by atoms with van der Waals surface area (Å²) in [4.78, 5) is 32.2. The molecule has 176 valence electrons. The van der Waals surface area contributed by atoms with E-state index in [9.17, 15) is 9.59 Å². The van der Waals surface area contributed by atoms with E-state index < -0.39 is 12.0 Å². The zero-order valence-electron chi connectivity index (χ0n) is 19.4. The quantitative estimate of drug-likeness (QED) is 0.575. The molecule has 0 bridgehead atoms. The van der Waals surface area contributed by atoms with Crippen LogP contribution >= 0.6 is 11.8 Å². The van der Waals surface area contributed by atoms with Crippen LogP contribution in [-0.2, 0) is 20.7 Å². The first-order valence-electron chi connectivity index (χ1n) is 11.0. The third-order valence-corrected chi connectivity index (χ3v) is 6.65. The summed E-state index contributed by atoms with van der Waals surface area (Å²) in [6.07, 6.45) is 0.926. The first-order chi connectivity index (χ1) is 16.5. The van der Waals surface area contributed by atoms with Crippen LogP contribution in [0.5, 0.6) is 5.75 Å². The van der Waals surface area contributed by atoms with E-state index in [1.165, 1.54) is 24.4 Å². The van der Waals surface area contributed by atoms with Crippen molar-refractivity contribution >= 4 is 28.8 Å². The topological polar surface area (TPSA) is 80.2 Å². The number of carbonyl (C=O) groups is 2. The number of ether oxygens (including phenoxy) is 2. The van der Waals surface area contributed by atoms with Crippen LogP contribution in [0.4, 0.5) is 0 Å². The summed E-state index contributed by atoms with van der Waals surface area (Å²) in [5.74, 6) is 0.0972. The molecule has 1 unspecified atom stereocenters. The number of esters is 1. The lowest BCUT2D eigenvalue weighted by molar-refractivity contribution is -0.136. The van der Waals surface area contributed by atoms with Gasteiger partial charge in [0.25, 0.3) is 0 Å². The number of methoxy groups -OCH3 is 2. The predicted molar refractivity (Wildman–Crippen MR) is 133 cm³/mol. The molecule has 0 fully saturated rings. The van der Waals surface area contributed by atoms with Gasteiger partial charge in [-0.2, -0.15) is 0 Å². The standard InChI is InChI=1S/C26H27N3O4S/c1-17-23(25(31)33-3)24(20-11-7-8-12-21(20)32-2)29-19(16-34-26(29)28-17)15-22(30)27-14-13-18-9-5-4-6-10-18/h4-12,16,24H,13-15H2,1-3H3,(H,27,30). The first kappa shape index (κ1) is 23.6. The van der Waals surface area contributed by atoms with Crippen LogP contribution in [0.2, 0.25) is 0 Å². The monoisotopic (exact) mass is 477 g/mol. The van der Waals surface area contributed by atoms with Crippen molar-refractivity contribution in [2.24, 2.45) is 4.99 Å². The van der Waals surface area contributed by atoms with E-state index in [1.54, 1.807) is 14.0 Å². The van der Waals surface area contributed by atoms with Crippen LogP contribution in [0, 0.1) is 0 Å². The van der Waals surface area contributed by atoms with E-state index in [-0.39, 0.29) is 12.3 Å². The molecule has 4 rings (SSSR count). The number of hydrogen-bond donors (Lipinski definition) is 1. The average molecular weight is 478 g/mol. The van der Waals surface area contributed by atoms with Crippen molar-refractivity contribution in [1.82, 2.24) is 10.2 Å². The van der Waals surface area contributed by atoms with Crippen molar-refractivity contribution in [3.63, 3.8) is 0 Å². The van der Waals surface area contributed by atoms with Gasteiger partial charge in [-0.3, -0.25) is 4.79 Å². The predicted octanol–water partition coefficient (Wildman–Crippen LogP) is 4.19. The van der Waals surface area contributed by atoms with Gasteiger partial charge < -0.3 is 19.7 Å². The van der Waals surface area contributed by atoms with Crippen LogP contribution < -0.4 is 10.1 Å². The second kappa shape index (κ2) is 10.6. The van der Waals surface area contributed by atoms with E-state index in [1.807, 2.05) is 64.9 Å². The number of amides is 1. The number of fused-ring (bicyclic) bond motifs is 1. The van der Waals surface area contributed by atoms with Crippen molar-refractivity contribution in [2.45, 2.75) is 25.8 Å². The molecule has 1 amide bonds. The molecule has 1 atom stereocenters. The lowest BCUT2D eigenvalue weighted by atomic mass is 9.93. The normalized spacial score (nSPS) is 17.0. The van der Waals surface area contributed by atoms with Gasteiger partial charge in [-0.25, -0.2) is 9.79 Å². The fourth-order valence-corrected chi connectivity index (χ4v) is 5.11. The highest BCUT2D eigenvalue weighted by Gasteiger charge is 2.42. The second-order valence-electron chi connectivity index (χ2n) is 7.89. The van der Waals surface area contributed by atoms with Gasteiger partial charge in [0.15, 0.2) is 5.17 Å². The summed E-state index contributed by atoms with van der Waals surface area (Å²) in [5, 5.41) is 5.64. The van der Waals surface area contributed by atoms with Crippen molar-refractivity contribution in [1.29, 1.82) is 0 Å². The average Bonchev–Trinajstić information content (AvgIpc) is 3.25. The molecular formula is C26H27N3O4S. The van der Waals surface area contributed by atoms with Gasteiger partial charge in [0.05, 0.1) is 38.0 Å². The van der Waals surface area contributed by atoms with Crippen LogP contribution in [-0.4, -0.2) is 42.7 Å². The lowest BCUT2D eigenvalue weighted by Crippen LogP contribution is -2.38. The Kier molecular flexibility index (Phi) is 7.37. The maximum absolute atomic E-state index is 12.8. The van der Waals surface area contributed by atoms with E-state index >= 15 is 0 Å². The number of rotatable bonds is 8. The molecule has 2 heterocycles. The van der Waals surface area contributed by atoms with Gasteiger partial charge in [-0.1, -0.05) is 60.3 Å². The third kappa shape index (κ3) is 4.87. The van der Waals surface area contributed by atoms with Gasteiger partial charge in [-0.15, -0.1) is 0 Å². The Morgan fingerprint density at radius 3 is 2.56 bits per heavy atom. The highest BCUT2D eigenvalue weighted by atomic mass is 32.2. The number of thioether (sulfide) groups is 1. The van der Waals surface area contributed by atoms with Gasteiger partial charge in [-0.05, 0) is 30.4 Å². The molecule has 7 nitrogen and oxygen atoms in total. The smallest absolute Gasteiger partial charge is 0.338 e. The van der Waals surface area contributed by atoms with Crippen LogP contribution in [0.15, 0.2) is 82.0 Å². The second-order valence-corrected chi connectivity index (χ2v) is 8.73. The number of hydrogen-bond acceptors (Lipinski definition) is 7. The summed E-state index contributed by atoms with van der Waals surface area (Å²) in [6.45, 7) is 2.35. The molecule has 0 aromatic heterocycles. The van der Waals surface area contributed by atoms with E-state index in [0.717, 1.165) is 17.7 Å². The summed E-state index contributed by atoms with van der Waals surface area (Å²) >= 11 is 1.44. The molecular weight excluding hydrogens is 450 g/mol. The van der Waals surface area contributed by atoms with E-state index in [0.29, 0.717) is 28.7 Å². The highest BCUT2D eigenvalue weighted by Crippen LogP contribution is 2.46. The van der Waals surface area contributed by atoms with Crippen LogP contribution in [0.25, 0.3) is 0 Å². The molecule has 2 aromatic rings. The number of amidine groups is 1. The van der Waals surface area contributed by atoms with Gasteiger partial charge in [0, 0.05) is 17.8 Å². The number of nitrogens with one attached hydrogen (secondary N) is 1. The molecule has 0 aliphatic carbocycles. The molecule has 2 aliphatic heterocycles. The van der Waals surface area contributed by atoms with Crippen molar-refractivity contribution in [3.05, 3.63) is 88.1 Å². The number of para-hydroxylation sites is 1. The number of aliphatic imine (C=N–C) groups is 1. The summed E-state index contributed by atoms with van der Waals surface area (Å²) in [7, 11) is 2.96. The Morgan fingerprint density at radius 2 is 1.82 bits per heavy atom. The van der Waals surface area contributed by atoms with Crippen molar-refractivity contribution in [2.75, 3.05) is 20.8 Å². The van der Waals surface area contributed by atoms with E-state index in [4.69, 9.17) is 9.47 Å². The number of nitrogens with zero attached hydrogens (tertiary/aromatic N) is 2. The Hall–Kier alpha value is -3.52. The molecule has 0 spiro atoms. The van der Waals surface area contributed by atoms with E-state index in [2.05, 4.69) is 10.3 Å². The van der Waals surface area contributed by atoms with Crippen LogP contribution in [0.1, 0.15) is 30.5 Å². The largest absolute Gasteiger partial charge is 0.496 e. The Morgan fingerprint density at radius 1 is 1.09 bits per heavy atom. The summed E-state index contributed by atoms with van der Waals surface area (Å²) in [5.41, 5.74) is 3.75. The fraction of sp³-hybridized carbons (Fsp3) is 0.269. The number of benzene rings is 2. The zero-order chi connectivity index (χ0) is 24.1. The van der Waals surface area contributed by atoms with Crippen LogP contribution in [0.3, 0.4) is 0 Å². The first-order valence-corrected chi connectivity index (χ1v) is 11.9. The molecule has 0 radical (unpaired) electrons. The minimum absolute atomic E-state index is 0.0892. The number of allylic oxidation sites excluding steroid dienone is 1. The van der Waals surface area contributed by atoms with Crippen molar-refractivity contribution < 1.29 is 19.1 Å². The fourth-order valence-electron chi connectivity index (χ4n) is 4.15. The SMILES string of the molecule is COC(=O)C1=C(C)N=C2SC=C(CC(=O)NCCc3ccccc3)N2C1c1ccccc1OC. The zero-order valence-corrected chi connectivity index (χ0v) is 20.2. The molecule has 0 saturated heterocycles. The third-order valence-electron chi connectivity index (χ3n) is 5.76. The van der Waals surface area contributed by atoms with Gasteiger partial charge in [0.1, 0.15) is 5.75 Å². The van der Waals surface area contributed by atoms with Gasteiger partial charge >= 0.3 is 5.97 Å². The Labute approximate surface area is 203 Å². The van der Waals surface area contributed by atoms with Gasteiger partial charge in [0.2, 0.25) is 5.91 Å². The summed E-state index contributed by atoms with van der Waals surface area (Å²) < 4.78 is 10.7. The highest BCUT2D eigenvalue weighted by molar-refractivity contribution is 8.16. The minimum atomic E-state index is -0.519. The molecule has 2 aliphatic rings. The Bertz CT molecular complexity index is 1170. The molecule has 2 aromatic carbocycles. The lowest BCUT2D eigenvalue weighted by Gasteiger charge is -2.36. The maximum atomic E-state index is 12.8. The summed E-state index contributed by atoms with van der Waals surface area (Å²) in [6, 6.07) is 17.1. The maximum Gasteiger partial charge on any atom is 0.338 e. The van der Waals surface area contributed by atoms with Crippen molar-refractivity contribution in [3.8, 4) is 5.75 Å². The molecule has 8 heteroatoms. The number of carbonyl (C=O) groups excluding carboxylic acids is 2.